The first kappa shape index (κ1) is 28.1. The summed E-state index contributed by atoms with van der Waals surface area (Å²) in [6, 6.07) is 1.74. The van der Waals surface area contributed by atoms with Gasteiger partial charge in [-0.05, 0) is 32.9 Å². The zero-order valence-corrected chi connectivity index (χ0v) is 19.8. The fourth-order valence-corrected chi connectivity index (χ4v) is 3.98. The third-order valence-electron chi connectivity index (χ3n) is 4.16. The number of aromatic nitrogens is 1. The Hall–Kier alpha value is -3.10. The van der Waals surface area contributed by atoms with Gasteiger partial charge >= 0.3 is 24.6 Å². The van der Waals surface area contributed by atoms with Crippen molar-refractivity contribution in [2.75, 3.05) is 25.6 Å². The first-order chi connectivity index (χ1) is 16.6. The van der Waals surface area contributed by atoms with E-state index in [1.165, 1.54) is 13.8 Å². The van der Waals surface area contributed by atoms with Crippen LogP contribution in [0.1, 0.15) is 26.5 Å². The normalized spacial score (nSPS) is 21.9. The summed E-state index contributed by atoms with van der Waals surface area (Å²) >= 11 is 0.978. The van der Waals surface area contributed by atoms with Crippen molar-refractivity contribution in [3.63, 3.8) is 0 Å². The smallest absolute Gasteiger partial charge is 0.474 e. The predicted molar refractivity (Wildman–Crippen MR) is 112 cm³/mol. The number of carbonyl (C=O) groups is 3. The van der Waals surface area contributed by atoms with Crippen LogP contribution in [0.2, 0.25) is 0 Å². The first-order valence-corrected chi connectivity index (χ1v) is 11.5. The Morgan fingerprint density at radius 2 is 1.46 bits per heavy atom. The van der Waals surface area contributed by atoms with Gasteiger partial charge in [0.25, 0.3) is 0 Å². The van der Waals surface area contributed by atoms with Gasteiger partial charge in [0.05, 0.1) is 26.0 Å². The standard InChI is InChI=1S/C20H24F3NO10S/c1-4-28-17(25)32-12-10-35-16(31-11-7-8-13(24-9-11)20(21,22)23)15(34-19(27)30-6-3)14(12)33-18(26)29-5-2/h7-9,12,14-16H,4-6,10H2,1-3H3/t12-,14+,15-,16+/m1/s1. The van der Waals surface area contributed by atoms with Crippen LogP contribution in [-0.4, -0.2) is 72.8 Å². The van der Waals surface area contributed by atoms with Gasteiger partial charge in [0, 0.05) is 5.75 Å². The highest BCUT2D eigenvalue weighted by Gasteiger charge is 2.49. The topological polar surface area (TPSA) is 129 Å². The number of alkyl halides is 3. The molecule has 0 radical (unpaired) electrons. The number of nitrogens with zero attached hydrogens (tertiary/aromatic N) is 1. The summed E-state index contributed by atoms with van der Waals surface area (Å²) in [5.74, 6) is -0.114. The van der Waals surface area contributed by atoms with Crippen LogP contribution in [0.3, 0.4) is 0 Å². The zero-order valence-electron chi connectivity index (χ0n) is 18.9. The maximum absolute atomic E-state index is 12.8. The van der Waals surface area contributed by atoms with Crippen molar-refractivity contribution in [1.82, 2.24) is 4.98 Å². The first-order valence-electron chi connectivity index (χ1n) is 10.4. The lowest BCUT2D eigenvalue weighted by atomic mass is 10.1. The SMILES string of the molecule is CCOC(=O)O[C@@H]1[C@@H](OC(=O)OCC)[C@@H](Oc2ccc(C(F)(F)F)nc2)SC[C@H]1OC(=O)OCC. The third-order valence-corrected chi connectivity index (χ3v) is 5.38. The average Bonchev–Trinajstić information content (AvgIpc) is 2.78. The van der Waals surface area contributed by atoms with Gasteiger partial charge in [-0.3, -0.25) is 0 Å². The second-order valence-corrected chi connectivity index (χ2v) is 7.70. The predicted octanol–water partition coefficient (Wildman–Crippen LogP) is 4.18. The number of thioether (sulfide) groups is 1. The third kappa shape index (κ3) is 8.56. The maximum Gasteiger partial charge on any atom is 0.508 e. The van der Waals surface area contributed by atoms with Crippen LogP contribution in [0.5, 0.6) is 5.75 Å². The Morgan fingerprint density at radius 3 is 1.94 bits per heavy atom. The molecule has 35 heavy (non-hydrogen) atoms. The quantitative estimate of drug-likeness (QED) is 0.355. The van der Waals surface area contributed by atoms with Crippen LogP contribution >= 0.6 is 11.8 Å². The molecule has 0 aliphatic carbocycles. The fourth-order valence-electron chi connectivity index (χ4n) is 2.77. The summed E-state index contributed by atoms with van der Waals surface area (Å²) in [6.45, 7) is 4.54. The molecule has 11 nitrogen and oxygen atoms in total. The monoisotopic (exact) mass is 527 g/mol. The van der Waals surface area contributed by atoms with Gasteiger partial charge in [-0.2, -0.15) is 13.2 Å². The molecule has 0 saturated carbocycles. The minimum atomic E-state index is -4.65. The van der Waals surface area contributed by atoms with Gasteiger partial charge in [0.15, 0.2) is 23.7 Å². The Kier molecular flexibility index (Phi) is 10.5. The van der Waals surface area contributed by atoms with Gasteiger partial charge in [0.2, 0.25) is 0 Å². The van der Waals surface area contributed by atoms with Gasteiger partial charge < -0.3 is 33.2 Å². The minimum Gasteiger partial charge on any atom is -0.474 e. The van der Waals surface area contributed by atoms with E-state index >= 15 is 0 Å². The van der Waals surface area contributed by atoms with Gasteiger partial charge in [-0.1, -0.05) is 0 Å². The number of ether oxygens (including phenoxy) is 7. The minimum absolute atomic E-state index is 0.0114. The van der Waals surface area contributed by atoms with Gasteiger partial charge in [0.1, 0.15) is 11.4 Å². The van der Waals surface area contributed by atoms with Crippen molar-refractivity contribution in [3.8, 4) is 5.75 Å². The fraction of sp³-hybridized carbons (Fsp3) is 0.600. The summed E-state index contributed by atoms with van der Waals surface area (Å²) in [6.07, 6.45) is -11.2. The summed E-state index contributed by atoms with van der Waals surface area (Å²) in [4.78, 5) is 39.4. The molecule has 1 saturated heterocycles. The van der Waals surface area contributed by atoms with Crippen molar-refractivity contribution in [3.05, 3.63) is 24.0 Å². The van der Waals surface area contributed by atoms with Crippen LogP contribution in [0.15, 0.2) is 18.3 Å². The molecule has 1 fully saturated rings. The largest absolute Gasteiger partial charge is 0.508 e. The van der Waals surface area contributed by atoms with E-state index < -0.39 is 54.1 Å². The zero-order chi connectivity index (χ0) is 26.0. The molecule has 1 aliphatic heterocycles. The number of rotatable bonds is 8. The van der Waals surface area contributed by atoms with Crippen molar-refractivity contribution in [2.45, 2.75) is 50.7 Å². The van der Waals surface area contributed by atoms with Crippen LogP contribution in [0.4, 0.5) is 27.6 Å². The summed E-state index contributed by atoms with van der Waals surface area (Å²) in [7, 11) is 0. The van der Waals surface area contributed by atoms with Crippen LogP contribution in [0.25, 0.3) is 0 Å². The van der Waals surface area contributed by atoms with Crippen molar-refractivity contribution in [1.29, 1.82) is 0 Å². The molecule has 1 aliphatic rings. The van der Waals surface area contributed by atoms with E-state index in [1.54, 1.807) is 6.92 Å². The Balaban J connectivity index is 2.32. The van der Waals surface area contributed by atoms with E-state index in [4.69, 9.17) is 33.2 Å². The molecule has 0 bridgehead atoms. The molecule has 2 heterocycles. The lowest BCUT2D eigenvalue weighted by Gasteiger charge is -2.39. The maximum atomic E-state index is 12.8. The molecule has 0 amide bonds. The lowest BCUT2D eigenvalue weighted by molar-refractivity contribution is -0.141. The highest BCUT2D eigenvalue weighted by Crippen LogP contribution is 2.35. The van der Waals surface area contributed by atoms with Crippen LogP contribution < -0.4 is 4.74 Å². The summed E-state index contributed by atoms with van der Waals surface area (Å²) in [5.41, 5.74) is -2.26. The number of halogens is 3. The number of pyridine rings is 1. The van der Waals surface area contributed by atoms with Crippen molar-refractivity contribution in [2.24, 2.45) is 0 Å². The van der Waals surface area contributed by atoms with E-state index in [0.717, 1.165) is 24.0 Å². The molecule has 4 atom stereocenters. The van der Waals surface area contributed by atoms with Crippen LogP contribution in [-0.2, 0) is 34.6 Å². The highest BCUT2D eigenvalue weighted by atomic mass is 32.2. The molecule has 196 valence electrons. The molecular formula is C20H24F3NO10S. The molecule has 2 rings (SSSR count). The molecule has 0 N–H and O–H groups in total. The number of carbonyl (C=O) groups excluding carboxylic acids is 3. The molecule has 0 spiro atoms. The second-order valence-electron chi connectivity index (χ2n) is 6.57. The van der Waals surface area contributed by atoms with E-state index in [-0.39, 0.29) is 31.3 Å². The molecule has 1 aromatic rings. The number of hydrogen-bond acceptors (Lipinski definition) is 12. The Bertz CT molecular complexity index is 855. The second kappa shape index (κ2) is 13.1. The van der Waals surface area contributed by atoms with E-state index in [0.29, 0.717) is 6.07 Å². The number of hydrogen-bond donors (Lipinski definition) is 0. The lowest BCUT2D eigenvalue weighted by Crippen LogP contribution is -2.56. The highest BCUT2D eigenvalue weighted by molar-refractivity contribution is 7.99. The average molecular weight is 527 g/mol. The summed E-state index contributed by atoms with van der Waals surface area (Å²) < 4.78 is 74.2. The molecular weight excluding hydrogens is 503 g/mol. The van der Waals surface area contributed by atoms with E-state index in [9.17, 15) is 27.6 Å². The van der Waals surface area contributed by atoms with E-state index in [2.05, 4.69) is 4.98 Å². The molecule has 0 aromatic carbocycles. The van der Waals surface area contributed by atoms with Crippen molar-refractivity contribution < 1.29 is 60.7 Å². The Morgan fingerprint density at radius 1 is 0.914 bits per heavy atom. The van der Waals surface area contributed by atoms with Crippen LogP contribution in [0, 0.1) is 0 Å². The van der Waals surface area contributed by atoms with Gasteiger partial charge in [-0.25, -0.2) is 19.4 Å². The van der Waals surface area contributed by atoms with Gasteiger partial charge in [-0.15, -0.1) is 11.8 Å². The molecule has 15 heteroatoms. The van der Waals surface area contributed by atoms with E-state index in [1.807, 2.05) is 0 Å². The Labute approximate surface area is 202 Å². The molecule has 0 unspecified atom stereocenters. The summed E-state index contributed by atoms with van der Waals surface area (Å²) in [5, 5.41) is 0. The molecule has 1 aromatic heterocycles. The van der Waals surface area contributed by atoms with Crippen molar-refractivity contribution >= 4 is 30.2 Å².